The molecule has 1 aromatic heterocycles. The molecule has 88 valence electrons. The molecule has 2 aromatic rings. The zero-order valence-electron chi connectivity index (χ0n) is 9.35. The van der Waals surface area contributed by atoms with Crippen molar-refractivity contribution in [3.63, 3.8) is 0 Å². The van der Waals surface area contributed by atoms with Crippen LogP contribution in [0.2, 0.25) is 0 Å². The maximum Gasteiger partial charge on any atom is 0.304 e. The van der Waals surface area contributed by atoms with E-state index >= 15 is 0 Å². The summed E-state index contributed by atoms with van der Waals surface area (Å²) >= 11 is 1.18. The van der Waals surface area contributed by atoms with Crippen molar-refractivity contribution >= 4 is 17.4 Å². The van der Waals surface area contributed by atoms with E-state index in [1.54, 1.807) is 0 Å². The van der Waals surface area contributed by atoms with Gasteiger partial charge < -0.3 is 10.7 Å². The zero-order valence-corrected chi connectivity index (χ0v) is 10.2. The number of hydrogen-bond donors (Lipinski definition) is 2. The maximum atomic E-state index is 11.0. The van der Waals surface area contributed by atoms with Crippen molar-refractivity contribution in [2.45, 2.75) is 6.42 Å². The molecule has 2 rings (SSSR count). The van der Waals surface area contributed by atoms with Crippen LogP contribution in [-0.2, 0) is 0 Å². The molecule has 0 radical (unpaired) electrons. The van der Waals surface area contributed by atoms with Gasteiger partial charge in [-0.15, -0.1) is 0 Å². The highest BCUT2D eigenvalue weighted by Gasteiger charge is 1.99. The second kappa shape index (κ2) is 5.61. The molecule has 0 saturated carbocycles. The number of H-pyrrole nitrogens is 1. The van der Waals surface area contributed by atoms with Crippen LogP contribution in [0.1, 0.15) is 12.0 Å². The lowest BCUT2D eigenvalue weighted by Crippen LogP contribution is -1.94. The fraction of sp³-hybridized carbons (Fsp3) is 0.154. The fourth-order valence-electron chi connectivity index (χ4n) is 1.51. The molecule has 0 saturated heterocycles. The van der Waals surface area contributed by atoms with E-state index in [2.05, 4.69) is 11.1 Å². The molecule has 1 heterocycles. The highest BCUT2D eigenvalue weighted by atomic mass is 32.1. The zero-order chi connectivity index (χ0) is 12.1. The predicted molar refractivity (Wildman–Crippen MR) is 73.1 cm³/mol. The lowest BCUT2D eigenvalue weighted by Gasteiger charge is -1.98. The van der Waals surface area contributed by atoms with Gasteiger partial charge >= 0.3 is 4.87 Å². The SMILES string of the molecule is NCCC=Cc1ccc(-c2csc(=O)[nH]2)cc1. The van der Waals surface area contributed by atoms with Gasteiger partial charge in [-0.3, -0.25) is 4.79 Å². The largest absolute Gasteiger partial charge is 0.330 e. The van der Waals surface area contributed by atoms with E-state index in [-0.39, 0.29) is 4.87 Å². The highest BCUT2D eigenvalue weighted by Crippen LogP contribution is 2.18. The first-order chi connectivity index (χ1) is 8.29. The van der Waals surface area contributed by atoms with Crippen molar-refractivity contribution in [2.24, 2.45) is 5.73 Å². The molecule has 1 aromatic carbocycles. The van der Waals surface area contributed by atoms with Gasteiger partial charge in [0, 0.05) is 5.38 Å². The average Bonchev–Trinajstić information content (AvgIpc) is 2.77. The Balaban J connectivity index is 2.15. The summed E-state index contributed by atoms with van der Waals surface area (Å²) in [6.45, 7) is 0.671. The van der Waals surface area contributed by atoms with Crippen LogP contribution < -0.4 is 10.6 Å². The van der Waals surface area contributed by atoms with Gasteiger partial charge in [-0.1, -0.05) is 47.8 Å². The van der Waals surface area contributed by atoms with Gasteiger partial charge in [-0.05, 0) is 24.1 Å². The number of nitrogens with two attached hydrogens (primary N) is 1. The number of aromatic nitrogens is 1. The number of thiazole rings is 1. The smallest absolute Gasteiger partial charge is 0.304 e. The molecule has 0 bridgehead atoms. The first-order valence-electron chi connectivity index (χ1n) is 5.44. The molecule has 0 unspecified atom stereocenters. The number of nitrogens with one attached hydrogen (secondary N) is 1. The Bertz CT molecular complexity index is 551. The third kappa shape index (κ3) is 3.15. The Morgan fingerprint density at radius 2 is 2.06 bits per heavy atom. The lowest BCUT2D eigenvalue weighted by molar-refractivity contribution is 1.01. The minimum absolute atomic E-state index is 0.0214. The highest BCUT2D eigenvalue weighted by molar-refractivity contribution is 7.07. The van der Waals surface area contributed by atoms with E-state index in [1.807, 2.05) is 35.7 Å². The number of benzene rings is 1. The van der Waals surface area contributed by atoms with Crippen LogP contribution in [0.3, 0.4) is 0 Å². The first-order valence-corrected chi connectivity index (χ1v) is 6.32. The van der Waals surface area contributed by atoms with Crippen LogP contribution in [0, 0.1) is 0 Å². The summed E-state index contributed by atoms with van der Waals surface area (Å²) in [7, 11) is 0. The third-order valence-electron chi connectivity index (χ3n) is 2.39. The molecule has 0 atom stereocenters. The predicted octanol–water partition coefficient (Wildman–Crippen LogP) is 2.47. The van der Waals surface area contributed by atoms with Gasteiger partial charge in [0.2, 0.25) is 0 Å². The Morgan fingerprint density at radius 1 is 1.29 bits per heavy atom. The molecular formula is C13H14N2OS. The Hall–Kier alpha value is -1.65. The van der Waals surface area contributed by atoms with E-state index in [1.165, 1.54) is 11.3 Å². The van der Waals surface area contributed by atoms with E-state index in [0.717, 1.165) is 23.2 Å². The quantitative estimate of drug-likeness (QED) is 0.870. The summed E-state index contributed by atoms with van der Waals surface area (Å²) in [5.41, 5.74) is 8.45. The van der Waals surface area contributed by atoms with Gasteiger partial charge in [-0.2, -0.15) is 0 Å². The van der Waals surface area contributed by atoms with Gasteiger partial charge in [0.05, 0.1) is 5.69 Å². The Morgan fingerprint density at radius 3 is 2.65 bits per heavy atom. The standard InChI is InChI=1S/C13H14N2OS/c14-8-2-1-3-10-4-6-11(7-5-10)12-9-17-13(16)15-12/h1,3-7,9H,2,8,14H2,(H,15,16). The lowest BCUT2D eigenvalue weighted by atomic mass is 10.1. The van der Waals surface area contributed by atoms with E-state index in [0.29, 0.717) is 6.54 Å². The summed E-state index contributed by atoms with van der Waals surface area (Å²) in [6.07, 6.45) is 4.99. The van der Waals surface area contributed by atoms with E-state index in [9.17, 15) is 4.79 Å². The van der Waals surface area contributed by atoms with Gasteiger partial charge in [0.15, 0.2) is 0 Å². The van der Waals surface area contributed by atoms with Crippen LogP contribution in [0.25, 0.3) is 17.3 Å². The van der Waals surface area contributed by atoms with Crippen LogP contribution in [0.5, 0.6) is 0 Å². The van der Waals surface area contributed by atoms with Crippen LogP contribution in [0.4, 0.5) is 0 Å². The van der Waals surface area contributed by atoms with Crippen molar-refractivity contribution in [1.29, 1.82) is 0 Å². The van der Waals surface area contributed by atoms with Crippen LogP contribution in [-0.4, -0.2) is 11.5 Å². The first kappa shape index (κ1) is 11.8. The second-order valence-corrected chi connectivity index (χ2v) is 4.51. The molecule has 0 aliphatic heterocycles. The molecule has 0 spiro atoms. The van der Waals surface area contributed by atoms with Gasteiger partial charge in [-0.25, -0.2) is 0 Å². The van der Waals surface area contributed by atoms with Crippen LogP contribution in [0.15, 0.2) is 40.5 Å². The molecule has 0 aliphatic carbocycles. The van der Waals surface area contributed by atoms with Gasteiger partial charge in [0.25, 0.3) is 0 Å². The topological polar surface area (TPSA) is 58.9 Å². The van der Waals surface area contributed by atoms with Crippen molar-refractivity contribution in [1.82, 2.24) is 4.98 Å². The minimum atomic E-state index is -0.0214. The Kier molecular flexibility index (Phi) is 3.90. The molecule has 0 amide bonds. The number of hydrogen-bond acceptors (Lipinski definition) is 3. The maximum absolute atomic E-state index is 11.0. The molecule has 4 heteroatoms. The summed E-state index contributed by atoms with van der Waals surface area (Å²) in [5, 5.41) is 1.83. The van der Waals surface area contributed by atoms with Crippen molar-refractivity contribution < 1.29 is 0 Å². The fourth-order valence-corrected chi connectivity index (χ4v) is 2.10. The van der Waals surface area contributed by atoms with Crippen molar-refractivity contribution in [2.75, 3.05) is 6.54 Å². The molecule has 3 nitrogen and oxygen atoms in total. The number of aromatic amines is 1. The second-order valence-electron chi connectivity index (χ2n) is 3.66. The molecule has 0 aliphatic rings. The van der Waals surface area contributed by atoms with Gasteiger partial charge in [0.1, 0.15) is 0 Å². The monoisotopic (exact) mass is 246 g/mol. The third-order valence-corrected chi connectivity index (χ3v) is 3.06. The van der Waals surface area contributed by atoms with Crippen molar-refractivity contribution in [3.05, 3.63) is 51.0 Å². The minimum Gasteiger partial charge on any atom is -0.330 e. The average molecular weight is 246 g/mol. The van der Waals surface area contributed by atoms with E-state index < -0.39 is 0 Å². The summed E-state index contributed by atoms with van der Waals surface area (Å²) < 4.78 is 0. The van der Waals surface area contributed by atoms with E-state index in [4.69, 9.17) is 5.73 Å². The summed E-state index contributed by atoms with van der Waals surface area (Å²) in [6, 6.07) is 8.05. The summed E-state index contributed by atoms with van der Waals surface area (Å²) in [4.78, 5) is 13.8. The summed E-state index contributed by atoms with van der Waals surface area (Å²) in [5.74, 6) is 0. The molecular weight excluding hydrogens is 232 g/mol. The normalized spacial score (nSPS) is 11.1. The van der Waals surface area contributed by atoms with Crippen molar-refractivity contribution in [3.8, 4) is 11.3 Å². The molecule has 3 N–H and O–H groups in total. The Labute approximate surface area is 104 Å². The molecule has 0 fully saturated rings. The number of rotatable bonds is 4. The molecule has 17 heavy (non-hydrogen) atoms. The van der Waals surface area contributed by atoms with Crippen LogP contribution >= 0.6 is 11.3 Å².